The summed E-state index contributed by atoms with van der Waals surface area (Å²) in [4.78, 5) is 38.3. The third kappa shape index (κ3) is 7.94. The van der Waals surface area contributed by atoms with Gasteiger partial charge in [0.05, 0.1) is 29.1 Å². The average Bonchev–Trinajstić information content (AvgIpc) is 3.88. The summed E-state index contributed by atoms with van der Waals surface area (Å²) in [6.45, 7) is 15.5. The average molecular weight is 710 g/mol. The molecule has 0 bridgehead atoms. The number of piperazine rings is 1. The Hall–Kier alpha value is -4.35. The molecule has 0 radical (unpaired) electrons. The molecule has 7 rings (SSSR count). The van der Waals surface area contributed by atoms with Crippen molar-refractivity contribution < 1.29 is 9.32 Å². The second-order valence-electron chi connectivity index (χ2n) is 13.3. The van der Waals surface area contributed by atoms with Crippen molar-refractivity contribution in [2.24, 2.45) is 0 Å². The summed E-state index contributed by atoms with van der Waals surface area (Å²) in [7, 11) is 0. The number of carbonyl (C=O) groups excluding carboxylic acids is 1. The van der Waals surface area contributed by atoms with Crippen LogP contribution in [0.5, 0.6) is 0 Å². The van der Waals surface area contributed by atoms with E-state index in [1.54, 1.807) is 0 Å². The normalized spacial score (nSPS) is 14.8. The number of aromatic nitrogens is 4. The van der Waals surface area contributed by atoms with E-state index in [1.807, 2.05) is 68.4 Å². The predicted molar refractivity (Wildman–Crippen MR) is 206 cm³/mol. The molecule has 1 saturated heterocycles. The van der Waals surface area contributed by atoms with E-state index in [9.17, 15) is 9.59 Å². The number of nitrogens with zero attached hydrogens (tertiary/aromatic N) is 6. The molecule has 0 unspecified atom stereocenters. The Kier molecular flexibility index (Phi) is 11.7. The molecule has 1 saturated carbocycles. The Bertz CT molecular complexity index is 2040. The van der Waals surface area contributed by atoms with Gasteiger partial charge in [-0.15, -0.1) is 0 Å². The van der Waals surface area contributed by atoms with Crippen LogP contribution < -0.4 is 10.3 Å². The zero-order chi connectivity index (χ0) is 36.1. The van der Waals surface area contributed by atoms with Crippen molar-refractivity contribution in [3.05, 3.63) is 99.1 Å². The number of para-hydroxylation sites is 2. The second-order valence-corrected chi connectivity index (χ2v) is 14.2. The molecule has 0 spiro atoms. The summed E-state index contributed by atoms with van der Waals surface area (Å²) in [5.74, 6) is 2.28. The van der Waals surface area contributed by atoms with Crippen molar-refractivity contribution in [2.45, 2.75) is 97.5 Å². The Balaban J connectivity index is 0.00000220. The Morgan fingerprint density at radius 1 is 1.00 bits per heavy atom. The van der Waals surface area contributed by atoms with E-state index < -0.39 is 0 Å². The first kappa shape index (κ1) is 36.4. The first-order valence-corrected chi connectivity index (χ1v) is 19.3. The smallest absolute Gasteiger partial charge is 0.257 e. The number of unbranched alkanes of at least 4 members (excludes halogenated alkanes) is 1. The number of hydrogen-bond donors (Lipinski definition) is 1. The topological polar surface area (TPSA) is 101 Å². The van der Waals surface area contributed by atoms with Crippen LogP contribution in [-0.4, -0.2) is 67.2 Å². The number of aryl methyl sites for hydroxylation is 3. The third-order valence-electron chi connectivity index (χ3n) is 10.0. The lowest BCUT2D eigenvalue weighted by molar-refractivity contribution is -0.132. The lowest BCUT2D eigenvalue weighted by Crippen LogP contribution is -2.50. The van der Waals surface area contributed by atoms with Crippen LogP contribution in [0, 0.1) is 20.8 Å². The molecule has 3 aromatic heterocycles. The lowest BCUT2D eigenvalue weighted by Gasteiger charge is -2.35. The molecule has 1 amide bonds. The van der Waals surface area contributed by atoms with Crippen LogP contribution in [0.25, 0.3) is 16.6 Å². The molecule has 1 aliphatic heterocycles. The van der Waals surface area contributed by atoms with Gasteiger partial charge >= 0.3 is 0 Å². The summed E-state index contributed by atoms with van der Waals surface area (Å²) in [6.07, 6.45) is 7.39. The molecule has 4 heterocycles. The minimum atomic E-state index is -0.112. The van der Waals surface area contributed by atoms with E-state index >= 15 is 0 Å². The molecule has 2 aliphatic rings. The minimum Gasteiger partial charge on any atom is -0.359 e. The number of nitrogens with one attached hydrogen (secondary N) is 1. The van der Waals surface area contributed by atoms with E-state index in [4.69, 9.17) is 9.51 Å². The molecule has 1 N–H and O–H groups in total. The van der Waals surface area contributed by atoms with E-state index in [2.05, 4.69) is 56.7 Å². The van der Waals surface area contributed by atoms with Crippen LogP contribution in [0.15, 0.2) is 68.9 Å². The highest BCUT2D eigenvalue weighted by atomic mass is 32.2. The number of fused-ring (bicyclic) bond motifs is 1. The SMILES string of the molecule is CC.CCCCc1nc(C)c(CC(=O)N2CCN(C3CC3)CC2)c(=O)n1Cc1cn(-c2ccccc2SNc2noc(C)c2C)c2ccccc12. The van der Waals surface area contributed by atoms with Gasteiger partial charge in [0.15, 0.2) is 5.82 Å². The molecule has 51 heavy (non-hydrogen) atoms. The van der Waals surface area contributed by atoms with Crippen LogP contribution in [0.2, 0.25) is 0 Å². The van der Waals surface area contributed by atoms with Gasteiger partial charge in [0, 0.05) is 67.0 Å². The summed E-state index contributed by atoms with van der Waals surface area (Å²) < 4.78 is 12.7. The minimum absolute atomic E-state index is 0.0144. The number of amides is 1. The molecular formula is C40H51N7O3S. The standard InChI is InChI=1S/C38H45N7O3S.C2H6/c1-5-6-15-35-39-26(3)31(22-36(46)43-20-18-42(19-21-43)29-16-17-29)38(47)45(35)24-28-23-44(32-12-8-7-11-30(28)32)33-13-9-10-14-34(33)49-41-37-25(2)27(4)48-40-37;1-2/h7-14,23,29H,5-6,15-22,24H2,1-4H3,(H,40,41);1-2H3. The highest BCUT2D eigenvalue weighted by Gasteiger charge is 2.32. The molecular weight excluding hydrogens is 659 g/mol. The third-order valence-corrected chi connectivity index (χ3v) is 10.9. The van der Waals surface area contributed by atoms with Crippen molar-refractivity contribution in [1.82, 2.24) is 29.1 Å². The van der Waals surface area contributed by atoms with Crippen LogP contribution in [0.1, 0.15) is 80.4 Å². The van der Waals surface area contributed by atoms with Crippen molar-refractivity contribution >= 4 is 34.6 Å². The molecule has 2 aromatic carbocycles. The number of benzene rings is 2. The fourth-order valence-electron chi connectivity index (χ4n) is 6.79. The zero-order valence-corrected chi connectivity index (χ0v) is 31.7. The summed E-state index contributed by atoms with van der Waals surface area (Å²) in [5.41, 5.74) is 5.11. The summed E-state index contributed by atoms with van der Waals surface area (Å²) in [5, 5.41) is 5.23. The molecule has 270 valence electrons. The van der Waals surface area contributed by atoms with Gasteiger partial charge in [0.25, 0.3) is 5.56 Å². The maximum atomic E-state index is 14.4. The van der Waals surface area contributed by atoms with Gasteiger partial charge in [-0.2, -0.15) is 0 Å². The maximum absolute atomic E-state index is 14.4. The van der Waals surface area contributed by atoms with Gasteiger partial charge < -0.3 is 18.7 Å². The Morgan fingerprint density at radius 2 is 1.73 bits per heavy atom. The van der Waals surface area contributed by atoms with Crippen LogP contribution in [-0.2, 0) is 24.2 Å². The number of hydrogen-bond acceptors (Lipinski definition) is 8. The van der Waals surface area contributed by atoms with Crippen LogP contribution in [0.3, 0.4) is 0 Å². The van der Waals surface area contributed by atoms with Crippen molar-refractivity contribution in [3.8, 4) is 5.69 Å². The van der Waals surface area contributed by atoms with Gasteiger partial charge in [-0.25, -0.2) is 4.98 Å². The zero-order valence-electron chi connectivity index (χ0n) is 30.9. The molecule has 5 aromatic rings. The van der Waals surface area contributed by atoms with Crippen molar-refractivity contribution in [1.29, 1.82) is 0 Å². The molecule has 0 atom stereocenters. The highest BCUT2D eigenvalue weighted by Crippen LogP contribution is 2.33. The van der Waals surface area contributed by atoms with Gasteiger partial charge in [-0.05, 0) is 75.7 Å². The number of anilines is 1. The Morgan fingerprint density at radius 3 is 2.43 bits per heavy atom. The van der Waals surface area contributed by atoms with E-state index in [0.717, 1.165) is 83.2 Å². The van der Waals surface area contributed by atoms with Crippen molar-refractivity contribution in [2.75, 3.05) is 30.9 Å². The van der Waals surface area contributed by atoms with Gasteiger partial charge in [0.2, 0.25) is 5.91 Å². The van der Waals surface area contributed by atoms with Gasteiger partial charge in [0.1, 0.15) is 11.6 Å². The largest absolute Gasteiger partial charge is 0.359 e. The van der Waals surface area contributed by atoms with E-state index in [1.165, 1.54) is 24.8 Å². The molecule has 10 nitrogen and oxygen atoms in total. The molecule has 11 heteroatoms. The fraction of sp³-hybridized carbons (Fsp3) is 0.450. The number of carbonyl (C=O) groups is 1. The number of rotatable bonds is 12. The van der Waals surface area contributed by atoms with Crippen LogP contribution in [0.4, 0.5) is 5.82 Å². The first-order valence-electron chi connectivity index (χ1n) is 18.5. The first-order chi connectivity index (χ1) is 24.8. The van der Waals surface area contributed by atoms with E-state index in [0.29, 0.717) is 36.1 Å². The monoisotopic (exact) mass is 709 g/mol. The van der Waals surface area contributed by atoms with Gasteiger partial charge in [-0.1, -0.05) is 62.7 Å². The second kappa shape index (κ2) is 16.3. The summed E-state index contributed by atoms with van der Waals surface area (Å²) in [6, 6.07) is 17.2. The molecule has 2 fully saturated rings. The predicted octanol–water partition coefficient (Wildman–Crippen LogP) is 7.49. The molecule has 1 aliphatic carbocycles. The van der Waals surface area contributed by atoms with E-state index in [-0.39, 0.29) is 17.9 Å². The Labute approximate surface area is 305 Å². The summed E-state index contributed by atoms with van der Waals surface area (Å²) >= 11 is 1.49. The fourth-order valence-corrected chi connectivity index (χ4v) is 7.61. The lowest BCUT2D eigenvalue weighted by atomic mass is 10.1. The quantitative estimate of drug-likeness (QED) is 0.133. The highest BCUT2D eigenvalue weighted by molar-refractivity contribution is 8.00. The van der Waals surface area contributed by atoms with Crippen molar-refractivity contribution in [3.63, 3.8) is 0 Å². The maximum Gasteiger partial charge on any atom is 0.257 e. The van der Waals surface area contributed by atoms with Gasteiger partial charge in [-0.3, -0.25) is 19.1 Å². The van der Waals surface area contributed by atoms with Crippen LogP contribution >= 0.6 is 11.9 Å².